The Hall–Kier alpha value is -1.76. The lowest BCUT2D eigenvalue weighted by Gasteiger charge is -2.13. The fourth-order valence-electron chi connectivity index (χ4n) is 1.98. The van der Waals surface area contributed by atoms with Gasteiger partial charge in [0.25, 0.3) is 0 Å². The molecule has 1 aromatic carbocycles. The molecule has 0 aliphatic carbocycles. The third-order valence-corrected chi connectivity index (χ3v) is 4.16. The zero-order valence-corrected chi connectivity index (χ0v) is 12.8. The summed E-state index contributed by atoms with van der Waals surface area (Å²) in [5, 5.41) is 10.8. The Morgan fingerprint density at radius 2 is 1.90 bits per heavy atom. The topological polar surface area (TPSA) is 29.5 Å². The Balaban J connectivity index is 2.18. The van der Waals surface area contributed by atoms with E-state index >= 15 is 0 Å². The van der Waals surface area contributed by atoms with Crippen LogP contribution in [-0.4, -0.2) is 11.7 Å². The summed E-state index contributed by atoms with van der Waals surface area (Å²) in [7, 11) is 0. The van der Waals surface area contributed by atoms with Crippen LogP contribution >= 0.6 is 11.3 Å². The van der Waals surface area contributed by atoms with E-state index in [1.165, 1.54) is 11.1 Å². The van der Waals surface area contributed by atoms with Gasteiger partial charge in [-0.15, -0.1) is 11.3 Å². The van der Waals surface area contributed by atoms with E-state index in [0.29, 0.717) is 6.61 Å². The molecule has 0 radical (unpaired) electrons. The van der Waals surface area contributed by atoms with Crippen molar-refractivity contribution >= 4 is 11.3 Å². The molecule has 1 aromatic heterocycles. The second-order valence-corrected chi connectivity index (χ2v) is 5.66. The van der Waals surface area contributed by atoms with Gasteiger partial charge in [0.15, 0.2) is 0 Å². The number of ether oxygens (including phenoxy) is 1. The Kier molecular flexibility index (Phi) is 4.84. The number of hydrogen-bond acceptors (Lipinski definition) is 3. The Labute approximate surface area is 124 Å². The van der Waals surface area contributed by atoms with Crippen LogP contribution in [0.4, 0.5) is 0 Å². The quantitative estimate of drug-likeness (QED) is 0.874. The maximum absolute atomic E-state index is 8.77. The Morgan fingerprint density at radius 3 is 2.65 bits per heavy atom. The molecule has 0 aliphatic rings. The van der Waals surface area contributed by atoms with Crippen LogP contribution in [0.1, 0.15) is 27.1 Å². The minimum Gasteiger partial charge on any atom is -0.487 e. The predicted molar refractivity (Wildman–Crippen MR) is 83.3 cm³/mol. The second kappa shape index (κ2) is 6.60. The molecule has 2 nitrogen and oxygen atoms in total. The van der Waals surface area contributed by atoms with Crippen LogP contribution in [0.5, 0.6) is 5.75 Å². The minimum absolute atomic E-state index is 0.119. The maximum atomic E-state index is 8.77. The predicted octanol–water partition coefficient (Wildman–Crippen LogP) is 3.60. The smallest absolute Gasteiger partial charge is 0.125 e. The number of aryl methyl sites for hydroxylation is 2. The van der Waals surface area contributed by atoms with Crippen molar-refractivity contribution in [3.63, 3.8) is 0 Å². The lowest BCUT2D eigenvalue weighted by Crippen LogP contribution is -2.00. The summed E-state index contributed by atoms with van der Waals surface area (Å²) < 4.78 is 5.99. The highest BCUT2D eigenvalue weighted by atomic mass is 32.1. The van der Waals surface area contributed by atoms with Gasteiger partial charge < -0.3 is 9.84 Å². The standard InChI is InChI=1S/C17H18O2S/c1-12-6-7-13(2)17(14(12)3)19-11-16-15(5-4-9-18)8-10-20-16/h6-8,10,18H,9,11H2,1-3H3. The number of rotatable bonds is 3. The molecule has 20 heavy (non-hydrogen) atoms. The highest BCUT2D eigenvalue weighted by Crippen LogP contribution is 2.27. The van der Waals surface area contributed by atoms with Crippen molar-refractivity contribution in [2.45, 2.75) is 27.4 Å². The van der Waals surface area contributed by atoms with E-state index in [4.69, 9.17) is 9.84 Å². The summed E-state index contributed by atoms with van der Waals surface area (Å²) in [5.74, 6) is 6.59. The molecule has 0 bridgehead atoms. The summed E-state index contributed by atoms with van der Waals surface area (Å²) >= 11 is 1.63. The lowest BCUT2D eigenvalue weighted by atomic mass is 10.1. The van der Waals surface area contributed by atoms with Crippen LogP contribution in [0.3, 0.4) is 0 Å². The third kappa shape index (κ3) is 3.22. The molecule has 104 valence electrons. The van der Waals surface area contributed by atoms with E-state index in [-0.39, 0.29) is 6.61 Å². The van der Waals surface area contributed by atoms with Crippen molar-refractivity contribution in [2.24, 2.45) is 0 Å². The average Bonchev–Trinajstić information content (AvgIpc) is 2.88. The summed E-state index contributed by atoms with van der Waals surface area (Å²) in [5.41, 5.74) is 4.50. The molecule has 0 unspecified atom stereocenters. The largest absolute Gasteiger partial charge is 0.487 e. The highest BCUT2D eigenvalue weighted by molar-refractivity contribution is 7.10. The summed E-state index contributed by atoms with van der Waals surface area (Å²) in [6.07, 6.45) is 0. The zero-order valence-electron chi connectivity index (χ0n) is 12.0. The van der Waals surface area contributed by atoms with Crippen LogP contribution in [0.25, 0.3) is 0 Å². The average molecular weight is 286 g/mol. The van der Waals surface area contributed by atoms with Gasteiger partial charge in [0.2, 0.25) is 0 Å². The van der Waals surface area contributed by atoms with Crippen LogP contribution in [0.15, 0.2) is 23.6 Å². The molecule has 0 aliphatic heterocycles. The molecule has 2 aromatic rings. The molecule has 0 amide bonds. The number of thiophene rings is 1. The molecule has 3 heteroatoms. The van der Waals surface area contributed by atoms with Crippen molar-refractivity contribution in [3.05, 3.63) is 50.7 Å². The van der Waals surface area contributed by atoms with E-state index in [1.54, 1.807) is 11.3 Å². The first-order valence-electron chi connectivity index (χ1n) is 6.49. The lowest BCUT2D eigenvalue weighted by molar-refractivity contribution is 0.305. The fraction of sp³-hybridized carbons (Fsp3) is 0.294. The van der Waals surface area contributed by atoms with Gasteiger partial charge in [0, 0.05) is 5.56 Å². The molecule has 0 fully saturated rings. The molecule has 1 heterocycles. The van der Waals surface area contributed by atoms with Gasteiger partial charge >= 0.3 is 0 Å². The number of aliphatic hydroxyl groups is 1. The van der Waals surface area contributed by atoms with E-state index in [1.807, 2.05) is 11.4 Å². The van der Waals surface area contributed by atoms with Crippen molar-refractivity contribution in [1.82, 2.24) is 0 Å². The third-order valence-electron chi connectivity index (χ3n) is 3.27. The minimum atomic E-state index is -0.119. The number of benzene rings is 1. The zero-order chi connectivity index (χ0) is 14.5. The molecular formula is C17H18O2S. The SMILES string of the molecule is Cc1ccc(C)c(OCc2sccc2C#CCO)c1C. The van der Waals surface area contributed by atoms with Crippen molar-refractivity contribution < 1.29 is 9.84 Å². The van der Waals surface area contributed by atoms with Crippen molar-refractivity contribution in [3.8, 4) is 17.6 Å². The second-order valence-electron chi connectivity index (χ2n) is 4.66. The van der Waals surface area contributed by atoms with E-state index < -0.39 is 0 Å². The van der Waals surface area contributed by atoms with Crippen LogP contribution in [0.2, 0.25) is 0 Å². The molecule has 0 spiro atoms. The van der Waals surface area contributed by atoms with E-state index in [2.05, 4.69) is 44.7 Å². The van der Waals surface area contributed by atoms with Gasteiger partial charge in [-0.05, 0) is 48.9 Å². The first-order valence-corrected chi connectivity index (χ1v) is 7.37. The first kappa shape index (κ1) is 14.6. The van der Waals surface area contributed by atoms with E-state index in [0.717, 1.165) is 21.8 Å². The molecule has 0 atom stereocenters. The van der Waals surface area contributed by atoms with Crippen molar-refractivity contribution in [1.29, 1.82) is 0 Å². The van der Waals surface area contributed by atoms with Gasteiger partial charge in [-0.1, -0.05) is 24.0 Å². The normalized spacial score (nSPS) is 10.0. The van der Waals surface area contributed by atoms with Gasteiger partial charge in [-0.2, -0.15) is 0 Å². The molecule has 0 saturated carbocycles. The summed E-state index contributed by atoms with van der Waals surface area (Å²) in [6, 6.07) is 6.15. The van der Waals surface area contributed by atoms with E-state index in [9.17, 15) is 0 Å². The number of hydrogen-bond donors (Lipinski definition) is 1. The molecule has 0 saturated heterocycles. The van der Waals surface area contributed by atoms with Gasteiger partial charge in [-0.3, -0.25) is 0 Å². The summed E-state index contributed by atoms with van der Waals surface area (Å²) in [4.78, 5) is 1.09. The molecule has 1 N–H and O–H groups in total. The maximum Gasteiger partial charge on any atom is 0.125 e. The summed E-state index contributed by atoms with van der Waals surface area (Å²) in [6.45, 7) is 6.62. The molecular weight excluding hydrogens is 268 g/mol. The van der Waals surface area contributed by atoms with Crippen molar-refractivity contribution in [2.75, 3.05) is 6.61 Å². The Bertz CT molecular complexity index is 659. The van der Waals surface area contributed by atoms with Gasteiger partial charge in [-0.25, -0.2) is 0 Å². The molecule has 2 rings (SSSR count). The van der Waals surface area contributed by atoms with Crippen LogP contribution in [-0.2, 0) is 6.61 Å². The van der Waals surface area contributed by atoms with Crippen LogP contribution in [0, 0.1) is 32.6 Å². The monoisotopic (exact) mass is 286 g/mol. The van der Waals surface area contributed by atoms with Gasteiger partial charge in [0.1, 0.15) is 19.0 Å². The Morgan fingerprint density at radius 1 is 1.15 bits per heavy atom. The van der Waals surface area contributed by atoms with Gasteiger partial charge in [0.05, 0.1) is 4.88 Å². The highest BCUT2D eigenvalue weighted by Gasteiger charge is 2.08. The number of aliphatic hydroxyl groups excluding tert-OH is 1. The first-order chi connectivity index (χ1) is 9.63. The fourth-order valence-corrected chi connectivity index (χ4v) is 2.73. The van der Waals surface area contributed by atoms with Crippen LogP contribution < -0.4 is 4.74 Å².